The number of aromatic nitrogens is 3. The lowest BCUT2D eigenvalue weighted by molar-refractivity contribution is -0.389. The van der Waals surface area contributed by atoms with Crippen LogP contribution in [-0.2, 0) is 0 Å². The Morgan fingerprint density at radius 1 is 1.47 bits per heavy atom. The number of halogens is 1. The van der Waals surface area contributed by atoms with Crippen molar-refractivity contribution in [3.05, 3.63) is 45.7 Å². The molecule has 0 saturated carbocycles. The molecule has 2 aromatic heterocycles. The van der Waals surface area contributed by atoms with Gasteiger partial charge in [0.15, 0.2) is 5.82 Å². The third-order valence-corrected chi connectivity index (χ3v) is 2.01. The highest BCUT2D eigenvalue weighted by Crippen LogP contribution is 2.17. The number of nitro groups is 1. The minimum absolute atomic E-state index is 0.239. The van der Waals surface area contributed by atoms with Crippen LogP contribution in [0.25, 0.3) is 5.82 Å². The van der Waals surface area contributed by atoms with Crippen LogP contribution < -0.4 is 0 Å². The van der Waals surface area contributed by atoms with Gasteiger partial charge in [-0.25, -0.2) is 4.98 Å². The third-order valence-electron chi connectivity index (χ3n) is 1.72. The fourth-order valence-corrected chi connectivity index (χ4v) is 1.28. The molecule has 0 fully saturated rings. The van der Waals surface area contributed by atoms with Gasteiger partial charge in [-0.05, 0) is 17.1 Å². The number of hydrogen-bond donors (Lipinski definition) is 0. The zero-order valence-electron chi connectivity index (χ0n) is 7.37. The molecule has 15 heavy (non-hydrogen) atoms. The highest BCUT2D eigenvalue weighted by atomic mass is 35.5. The number of pyridine rings is 1. The lowest BCUT2D eigenvalue weighted by Gasteiger charge is -1.96. The summed E-state index contributed by atoms with van der Waals surface area (Å²) < 4.78 is 1.26. The summed E-state index contributed by atoms with van der Waals surface area (Å²) in [4.78, 5) is 13.8. The van der Waals surface area contributed by atoms with Crippen molar-refractivity contribution < 1.29 is 4.92 Å². The lowest BCUT2D eigenvalue weighted by Crippen LogP contribution is -1.99. The Morgan fingerprint density at radius 2 is 2.27 bits per heavy atom. The Hall–Kier alpha value is -1.95. The van der Waals surface area contributed by atoms with Crippen molar-refractivity contribution in [2.45, 2.75) is 0 Å². The highest BCUT2D eigenvalue weighted by molar-refractivity contribution is 6.32. The van der Waals surface area contributed by atoms with Crippen molar-refractivity contribution in [1.29, 1.82) is 0 Å². The Balaban J connectivity index is 2.46. The number of rotatable bonds is 2. The van der Waals surface area contributed by atoms with Crippen LogP contribution in [-0.4, -0.2) is 19.7 Å². The van der Waals surface area contributed by atoms with Crippen molar-refractivity contribution in [3.63, 3.8) is 0 Å². The van der Waals surface area contributed by atoms with Crippen LogP contribution in [0, 0.1) is 10.1 Å². The summed E-state index contributed by atoms with van der Waals surface area (Å²) >= 11 is 5.85. The van der Waals surface area contributed by atoms with Gasteiger partial charge < -0.3 is 10.1 Å². The van der Waals surface area contributed by atoms with Gasteiger partial charge in [0.2, 0.25) is 0 Å². The molecule has 0 N–H and O–H groups in total. The van der Waals surface area contributed by atoms with E-state index >= 15 is 0 Å². The summed E-state index contributed by atoms with van der Waals surface area (Å²) in [7, 11) is 0. The highest BCUT2D eigenvalue weighted by Gasteiger charge is 2.14. The standard InChI is InChI=1S/C8H5ClN4O2/c9-6-2-1-4-10-8(6)12-5-3-7(11-12)13(14)15/h1-5H. The first-order valence-corrected chi connectivity index (χ1v) is 4.37. The maximum Gasteiger partial charge on any atom is 0.390 e. The van der Waals surface area contributed by atoms with Crippen molar-refractivity contribution in [2.75, 3.05) is 0 Å². The molecule has 2 heterocycles. The Kier molecular flexibility index (Phi) is 2.34. The molecule has 76 valence electrons. The second-order valence-electron chi connectivity index (χ2n) is 2.68. The summed E-state index contributed by atoms with van der Waals surface area (Å²) in [6, 6.07) is 4.59. The molecule has 0 unspecified atom stereocenters. The first-order chi connectivity index (χ1) is 7.18. The Labute approximate surface area is 89.3 Å². The third kappa shape index (κ3) is 1.79. The van der Waals surface area contributed by atoms with Crippen molar-refractivity contribution in [1.82, 2.24) is 14.8 Å². The first kappa shape index (κ1) is 9.60. The van der Waals surface area contributed by atoms with E-state index in [1.54, 1.807) is 12.1 Å². The molecule has 0 aromatic carbocycles. The van der Waals surface area contributed by atoms with Crippen LogP contribution in [0.1, 0.15) is 0 Å². The van der Waals surface area contributed by atoms with Crippen LogP contribution in [0.2, 0.25) is 5.02 Å². The predicted octanol–water partition coefficient (Wildman–Crippen LogP) is 1.83. The summed E-state index contributed by atoms with van der Waals surface area (Å²) in [6.45, 7) is 0. The van der Waals surface area contributed by atoms with Crippen molar-refractivity contribution in [3.8, 4) is 5.82 Å². The molecule has 6 nitrogen and oxygen atoms in total. The molecule has 0 amide bonds. The van der Waals surface area contributed by atoms with Crippen LogP contribution in [0.5, 0.6) is 0 Å². The number of nitrogens with zero attached hydrogens (tertiary/aromatic N) is 4. The molecular formula is C8H5ClN4O2. The zero-order valence-corrected chi connectivity index (χ0v) is 8.13. The van der Waals surface area contributed by atoms with E-state index in [9.17, 15) is 10.1 Å². The zero-order chi connectivity index (χ0) is 10.8. The number of hydrogen-bond acceptors (Lipinski definition) is 4. The summed E-state index contributed by atoms with van der Waals surface area (Å²) in [5.74, 6) is 0.129. The van der Waals surface area contributed by atoms with Crippen molar-refractivity contribution in [2.24, 2.45) is 0 Å². The summed E-state index contributed by atoms with van der Waals surface area (Å²) in [5.41, 5.74) is 0. The molecule has 0 bridgehead atoms. The van der Waals surface area contributed by atoms with Crippen molar-refractivity contribution >= 4 is 17.4 Å². The normalized spacial score (nSPS) is 10.2. The summed E-state index contributed by atoms with van der Waals surface area (Å²) in [6.07, 6.45) is 2.97. The Bertz CT molecular complexity index is 511. The monoisotopic (exact) mass is 224 g/mol. The van der Waals surface area contributed by atoms with Crippen LogP contribution in [0.3, 0.4) is 0 Å². The van der Waals surface area contributed by atoms with Gasteiger partial charge in [-0.3, -0.25) is 0 Å². The van der Waals surface area contributed by atoms with Gasteiger partial charge in [0.1, 0.15) is 0 Å². The molecule has 2 aromatic rings. The minimum atomic E-state index is -0.576. The maximum atomic E-state index is 10.4. The minimum Gasteiger partial charge on any atom is -0.358 e. The topological polar surface area (TPSA) is 73.8 Å². The SMILES string of the molecule is O=[N+]([O-])c1ccn(-c2ncccc2Cl)n1. The van der Waals surface area contributed by atoms with E-state index in [2.05, 4.69) is 10.1 Å². The van der Waals surface area contributed by atoms with E-state index in [0.29, 0.717) is 10.8 Å². The van der Waals surface area contributed by atoms with Gasteiger partial charge >= 0.3 is 5.82 Å². The Morgan fingerprint density at radius 3 is 2.87 bits per heavy atom. The maximum absolute atomic E-state index is 10.4. The van der Waals surface area contributed by atoms with Gasteiger partial charge in [-0.1, -0.05) is 11.6 Å². The molecule has 0 atom stereocenters. The molecule has 2 rings (SSSR count). The average Bonchev–Trinajstić information content (AvgIpc) is 2.67. The van der Waals surface area contributed by atoms with E-state index in [4.69, 9.17) is 11.6 Å². The van der Waals surface area contributed by atoms with E-state index in [1.807, 2.05) is 0 Å². The molecule has 0 saturated heterocycles. The second-order valence-corrected chi connectivity index (χ2v) is 3.09. The smallest absolute Gasteiger partial charge is 0.358 e. The molecule has 0 spiro atoms. The van der Waals surface area contributed by atoms with Gasteiger partial charge in [0, 0.05) is 6.20 Å². The lowest BCUT2D eigenvalue weighted by atomic mass is 10.4. The predicted molar refractivity (Wildman–Crippen MR) is 53.0 cm³/mol. The first-order valence-electron chi connectivity index (χ1n) is 3.99. The molecule has 0 aliphatic rings. The fraction of sp³-hybridized carbons (Fsp3) is 0. The second kappa shape index (κ2) is 3.66. The van der Waals surface area contributed by atoms with Gasteiger partial charge in [-0.15, -0.1) is 4.68 Å². The van der Waals surface area contributed by atoms with Gasteiger partial charge in [0.25, 0.3) is 0 Å². The molecule has 0 radical (unpaired) electrons. The van der Waals surface area contributed by atoms with Crippen LogP contribution >= 0.6 is 11.6 Å². The van der Waals surface area contributed by atoms with E-state index in [0.717, 1.165) is 0 Å². The quantitative estimate of drug-likeness (QED) is 0.576. The molecule has 7 heteroatoms. The largest absolute Gasteiger partial charge is 0.390 e. The molecule has 0 aliphatic heterocycles. The summed E-state index contributed by atoms with van der Waals surface area (Å²) in [5, 5.41) is 14.5. The van der Waals surface area contributed by atoms with E-state index < -0.39 is 4.92 Å². The molecule has 0 aliphatic carbocycles. The van der Waals surface area contributed by atoms with Crippen LogP contribution in [0.4, 0.5) is 5.82 Å². The average molecular weight is 225 g/mol. The van der Waals surface area contributed by atoms with Gasteiger partial charge in [-0.2, -0.15) is 0 Å². The van der Waals surface area contributed by atoms with Crippen LogP contribution in [0.15, 0.2) is 30.6 Å². The fourth-order valence-electron chi connectivity index (χ4n) is 1.08. The van der Waals surface area contributed by atoms with E-state index in [1.165, 1.54) is 23.1 Å². The molecular weight excluding hydrogens is 220 g/mol. The van der Waals surface area contributed by atoms with Gasteiger partial charge in [0.05, 0.1) is 22.4 Å². The van der Waals surface area contributed by atoms with E-state index in [-0.39, 0.29) is 5.82 Å².